The van der Waals surface area contributed by atoms with Gasteiger partial charge in [-0.3, -0.25) is 14.9 Å². The van der Waals surface area contributed by atoms with Gasteiger partial charge in [-0.2, -0.15) is 11.8 Å². The lowest BCUT2D eigenvalue weighted by Gasteiger charge is -2.11. The van der Waals surface area contributed by atoms with Crippen molar-refractivity contribution < 1.29 is 29.1 Å². The highest BCUT2D eigenvalue weighted by atomic mass is 32.2. The van der Waals surface area contributed by atoms with Gasteiger partial charge in [-0.05, 0) is 18.4 Å². The molecule has 0 aromatic carbocycles. The molecule has 1 aliphatic heterocycles. The van der Waals surface area contributed by atoms with Crippen LogP contribution in [0.3, 0.4) is 0 Å². The minimum absolute atomic E-state index is 0.302. The number of carboxylic acids is 1. The van der Waals surface area contributed by atoms with E-state index >= 15 is 0 Å². The van der Waals surface area contributed by atoms with Crippen LogP contribution < -0.4 is 27.0 Å². The molecule has 7 N–H and O–H groups in total. The third-order valence-corrected chi connectivity index (χ3v) is 2.99. The summed E-state index contributed by atoms with van der Waals surface area (Å²) in [6, 6.07) is -2.25. The Labute approximate surface area is 136 Å². The fraction of sp³-hybridized carbons (Fsp3) is 0.545. The second-order valence-corrected chi connectivity index (χ2v) is 5.26. The first-order valence-corrected chi connectivity index (χ1v) is 7.73. The zero-order valence-electron chi connectivity index (χ0n) is 12.5. The van der Waals surface area contributed by atoms with Gasteiger partial charge >= 0.3 is 18.0 Å². The molecular formula is C11H19N5O6S. The van der Waals surface area contributed by atoms with Crippen molar-refractivity contribution >= 4 is 41.6 Å². The smallest absolute Gasteiger partial charge is 0.326 e. The average Bonchev–Trinajstić information content (AvgIpc) is 2.72. The number of imide groups is 1. The molecule has 0 aromatic rings. The van der Waals surface area contributed by atoms with Crippen LogP contribution in [-0.4, -0.2) is 59.2 Å². The zero-order chi connectivity index (χ0) is 18.0. The monoisotopic (exact) mass is 349 g/mol. The van der Waals surface area contributed by atoms with Crippen LogP contribution in [0.15, 0.2) is 0 Å². The normalized spacial score (nSPS) is 17.0. The molecule has 130 valence electrons. The van der Waals surface area contributed by atoms with Crippen molar-refractivity contribution in [3.63, 3.8) is 0 Å². The van der Waals surface area contributed by atoms with E-state index in [-0.39, 0.29) is 5.91 Å². The van der Waals surface area contributed by atoms with E-state index < -0.39 is 36.1 Å². The molecule has 0 aliphatic carbocycles. The van der Waals surface area contributed by atoms with Crippen LogP contribution in [0.5, 0.6) is 0 Å². The molecule has 2 unspecified atom stereocenters. The number of carbonyl (C=O) groups is 5. The van der Waals surface area contributed by atoms with Gasteiger partial charge in [-0.25, -0.2) is 14.4 Å². The number of hydrogen-bond donors (Lipinski definition) is 6. The Morgan fingerprint density at radius 3 is 2.35 bits per heavy atom. The first kappa shape index (κ1) is 20.5. The van der Waals surface area contributed by atoms with Crippen LogP contribution in [0.25, 0.3) is 0 Å². The van der Waals surface area contributed by atoms with Crippen LogP contribution in [0.1, 0.15) is 13.3 Å². The van der Waals surface area contributed by atoms with Crippen molar-refractivity contribution in [2.24, 2.45) is 5.73 Å². The molecule has 1 saturated heterocycles. The number of nitrogens with one attached hydrogen (secondary N) is 4. The summed E-state index contributed by atoms with van der Waals surface area (Å²) in [4.78, 5) is 52.3. The molecule has 11 nitrogen and oxygen atoms in total. The largest absolute Gasteiger partial charge is 0.480 e. The Bertz CT molecular complexity index is 486. The van der Waals surface area contributed by atoms with Gasteiger partial charge in [-0.15, -0.1) is 0 Å². The van der Waals surface area contributed by atoms with Gasteiger partial charge in [-0.1, -0.05) is 0 Å². The van der Waals surface area contributed by atoms with E-state index in [0.29, 0.717) is 6.42 Å². The predicted octanol–water partition coefficient (Wildman–Crippen LogP) is -1.85. The summed E-state index contributed by atoms with van der Waals surface area (Å²) < 4.78 is 0. The quantitative estimate of drug-likeness (QED) is 0.304. The molecule has 0 radical (unpaired) electrons. The highest BCUT2D eigenvalue weighted by Gasteiger charge is 2.29. The second kappa shape index (κ2) is 10.3. The summed E-state index contributed by atoms with van der Waals surface area (Å²) in [5.41, 5.74) is 4.70. The molecule has 1 rings (SSSR count). The standard InChI is InChI=1S/C7H13NO3S.C4H6N4O3/c1-5(9)8-6(7(10)11)3-4-12-2;5-3(10)6-1-2(9)8-4(11)7-1/h6H,3-4H2,1-2H3,(H,8,9)(H,10,11);1H,(H3,5,6,10)(H2,7,8,9,11). The van der Waals surface area contributed by atoms with Crippen molar-refractivity contribution in [1.29, 1.82) is 0 Å². The number of rotatable bonds is 6. The highest BCUT2D eigenvalue weighted by Crippen LogP contribution is 2.00. The van der Waals surface area contributed by atoms with Gasteiger partial charge in [0.25, 0.3) is 5.91 Å². The Balaban J connectivity index is 0.000000422. The summed E-state index contributed by atoms with van der Waals surface area (Å²) >= 11 is 1.56. The first-order chi connectivity index (χ1) is 10.7. The zero-order valence-corrected chi connectivity index (χ0v) is 13.4. The molecule has 1 aliphatic rings. The lowest BCUT2D eigenvalue weighted by atomic mass is 10.2. The van der Waals surface area contributed by atoms with E-state index in [4.69, 9.17) is 10.8 Å². The maximum atomic E-state index is 10.7. The summed E-state index contributed by atoms with van der Waals surface area (Å²) in [6.07, 6.45) is 1.32. The minimum Gasteiger partial charge on any atom is -0.480 e. The minimum atomic E-state index is -1.04. The number of urea groups is 2. The molecule has 0 bridgehead atoms. The number of carbonyl (C=O) groups excluding carboxylic acids is 4. The van der Waals surface area contributed by atoms with Crippen LogP contribution in [0.2, 0.25) is 0 Å². The van der Waals surface area contributed by atoms with Gasteiger partial charge in [0.05, 0.1) is 0 Å². The number of aliphatic carboxylic acids is 1. The number of hydrogen-bond acceptors (Lipinski definition) is 6. The van der Waals surface area contributed by atoms with Crippen LogP contribution >= 0.6 is 11.8 Å². The van der Waals surface area contributed by atoms with E-state index in [0.717, 1.165) is 5.75 Å². The van der Waals surface area contributed by atoms with Gasteiger partial charge in [0.15, 0.2) is 6.17 Å². The van der Waals surface area contributed by atoms with Crippen LogP contribution in [0.4, 0.5) is 9.59 Å². The lowest BCUT2D eigenvalue weighted by Crippen LogP contribution is -2.48. The molecule has 0 aromatic heterocycles. The molecule has 2 atom stereocenters. The van der Waals surface area contributed by atoms with Crippen molar-refractivity contribution in [2.75, 3.05) is 12.0 Å². The molecule has 1 heterocycles. The summed E-state index contributed by atoms with van der Waals surface area (Å²) in [6.45, 7) is 1.31. The Kier molecular flexibility index (Phi) is 9.15. The molecular weight excluding hydrogens is 330 g/mol. The molecule has 0 saturated carbocycles. The van der Waals surface area contributed by atoms with E-state index in [2.05, 4.69) is 10.6 Å². The fourth-order valence-electron chi connectivity index (χ4n) is 1.40. The van der Waals surface area contributed by atoms with Crippen LogP contribution in [0, 0.1) is 0 Å². The lowest BCUT2D eigenvalue weighted by molar-refractivity contribution is -0.141. The summed E-state index contributed by atoms with van der Waals surface area (Å²) in [5, 5.41) is 17.0. The average molecular weight is 349 g/mol. The van der Waals surface area contributed by atoms with Crippen molar-refractivity contribution in [3.8, 4) is 0 Å². The fourth-order valence-corrected chi connectivity index (χ4v) is 1.87. The Hall–Kier alpha value is -2.50. The van der Waals surface area contributed by atoms with Gasteiger partial charge in [0, 0.05) is 6.92 Å². The predicted molar refractivity (Wildman–Crippen MR) is 81.4 cm³/mol. The van der Waals surface area contributed by atoms with E-state index in [1.165, 1.54) is 6.92 Å². The van der Waals surface area contributed by atoms with E-state index in [1.807, 2.05) is 16.9 Å². The number of thioether (sulfide) groups is 1. The molecule has 0 spiro atoms. The van der Waals surface area contributed by atoms with Gasteiger partial charge in [0.1, 0.15) is 6.04 Å². The van der Waals surface area contributed by atoms with Crippen molar-refractivity contribution in [3.05, 3.63) is 0 Å². The first-order valence-electron chi connectivity index (χ1n) is 6.33. The number of amides is 6. The SMILES string of the molecule is CSCCC(NC(C)=O)C(=O)O.NC(=O)NC1NC(=O)NC1=O. The van der Waals surface area contributed by atoms with E-state index in [1.54, 1.807) is 11.8 Å². The van der Waals surface area contributed by atoms with E-state index in [9.17, 15) is 24.0 Å². The Morgan fingerprint density at radius 1 is 1.39 bits per heavy atom. The molecule has 1 fully saturated rings. The maximum Gasteiger partial charge on any atom is 0.326 e. The van der Waals surface area contributed by atoms with Crippen LogP contribution in [-0.2, 0) is 14.4 Å². The number of carboxylic acid groups (broad SMARTS) is 1. The second-order valence-electron chi connectivity index (χ2n) is 4.28. The maximum absolute atomic E-state index is 10.7. The molecule has 6 amide bonds. The number of primary amides is 1. The van der Waals surface area contributed by atoms with Gasteiger partial charge in [0.2, 0.25) is 5.91 Å². The topological polar surface area (TPSA) is 180 Å². The third kappa shape index (κ3) is 9.18. The molecule has 12 heteroatoms. The summed E-state index contributed by atoms with van der Waals surface area (Å²) in [7, 11) is 0. The Morgan fingerprint density at radius 2 is 2.00 bits per heavy atom. The molecule has 23 heavy (non-hydrogen) atoms. The van der Waals surface area contributed by atoms with Crippen molar-refractivity contribution in [1.82, 2.24) is 21.3 Å². The third-order valence-electron chi connectivity index (χ3n) is 2.35. The van der Waals surface area contributed by atoms with Gasteiger partial charge < -0.3 is 26.8 Å². The summed E-state index contributed by atoms with van der Waals surface area (Å²) in [5.74, 6) is -1.16. The number of nitrogens with two attached hydrogens (primary N) is 1. The highest BCUT2D eigenvalue weighted by molar-refractivity contribution is 7.98. The van der Waals surface area contributed by atoms with Crippen molar-refractivity contribution in [2.45, 2.75) is 25.6 Å².